The Balaban J connectivity index is 1.69. The van der Waals surface area contributed by atoms with Gasteiger partial charge in [-0.05, 0) is 34.7 Å². The van der Waals surface area contributed by atoms with Gasteiger partial charge in [-0.3, -0.25) is 14.5 Å². The molecule has 2 aliphatic heterocycles. The summed E-state index contributed by atoms with van der Waals surface area (Å²) in [5, 5.41) is 5.37. The highest BCUT2D eigenvalue weighted by Crippen LogP contribution is 2.30. The molecule has 22 heavy (non-hydrogen) atoms. The number of carbonyl (C=O) groups is 1. The minimum Gasteiger partial charge on any atom is -0.374 e. The summed E-state index contributed by atoms with van der Waals surface area (Å²) >= 11 is 5.13. The van der Waals surface area contributed by atoms with Gasteiger partial charge in [0.2, 0.25) is 0 Å². The molecule has 2 aromatic rings. The first-order chi connectivity index (χ1) is 10.7. The van der Waals surface area contributed by atoms with E-state index in [4.69, 9.17) is 4.74 Å². The van der Waals surface area contributed by atoms with Crippen molar-refractivity contribution in [3.63, 3.8) is 0 Å². The van der Waals surface area contributed by atoms with E-state index in [1.54, 1.807) is 18.0 Å². The summed E-state index contributed by atoms with van der Waals surface area (Å²) in [5.41, 5.74) is 1.41. The van der Waals surface area contributed by atoms with Crippen LogP contribution in [0.25, 0.3) is 10.9 Å². The van der Waals surface area contributed by atoms with E-state index in [9.17, 15) is 4.79 Å². The van der Waals surface area contributed by atoms with E-state index in [0.717, 1.165) is 27.8 Å². The molecule has 2 atom stereocenters. The molecule has 2 aliphatic rings. The Morgan fingerprint density at radius 2 is 2.45 bits per heavy atom. The Morgan fingerprint density at radius 3 is 3.14 bits per heavy atom. The molecule has 0 aliphatic carbocycles. The third-order valence-corrected chi connectivity index (χ3v) is 5.31. The van der Waals surface area contributed by atoms with Gasteiger partial charge in [-0.15, -0.1) is 11.8 Å². The largest absolute Gasteiger partial charge is 0.374 e. The molecule has 8 heteroatoms. The number of hydrogen-bond donors (Lipinski definition) is 0. The zero-order valence-corrected chi connectivity index (χ0v) is 14.4. The van der Waals surface area contributed by atoms with Crippen LogP contribution in [0.2, 0.25) is 0 Å². The van der Waals surface area contributed by atoms with Gasteiger partial charge in [0.25, 0.3) is 5.91 Å². The molecule has 6 nitrogen and oxygen atoms in total. The molecule has 4 rings (SSSR count). The van der Waals surface area contributed by atoms with Crippen molar-refractivity contribution in [2.75, 3.05) is 19.4 Å². The van der Waals surface area contributed by atoms with E-state index < -0.39 is 0 Å². The fourth-order valence-electron chi connectivity index (χ4n) is 3.16. The van der Waals surface area contributed by atoms with Gasteiger partial charge in [0.1, 0.15) is 10.3 Å². The van der Waals surface area contributed by atoms with E-state index in [2.05, 4.69) is 26.0 Å². The molecular weight excluding hydrogens is 368 g/mol. The standard InChI is InChI=1S/C14H15BrN4O2S/c1-22-7-19-12-3-11(16-4-10(12)13(15)17-19)14(20)18-5-9-2-8(18)6-21-9/h3-4,8-9H,2,5-7H2,1H3/t8?,9-/m0/s1. The van der Waals surface area contributed by atoms with E-state index in [1.807, 2.05) is 21.9 Å². The molecule has 116 valence electrons. The van der Waals surface area contributed by atoms with Gasteiger partial charge in [0.05, 0.1) is 35.5 Å². The number of pyridine rings is 1. The van der Waals surface area contributed by atoms with E-state index in [-0.39, 0.29) is 18.1 Å². The molecule has 0 saturated carbocycles. The Bertz CT molecular complexity index is 750. The molecule has 1 unspecified atom stereocenters. The van der Waals surface area contributed by atoms with Crippen LogP contribution >= 0.6 is 27.7 Å². The fraction of sp³-hybridized carbons (Fsp3) is 0.500. The Hall–Kier alpha value is -1.12. The quantitative estimate of drug-likeness (QED) is 0.813. The van der Waals surface area contributed by atoms with Gasteiger partial charge < -0.3 is 9.64 Å². The maximum atomic E-state index is 12.7. The molecule has 0 N–H and O–H groups in total. The van der Waals surface area contributed by atoms with Crippen molar-refractivity contribution in [3.05, 3.63) is 22.6 Å². The lowest BCUT2D eigenvalue weighted by atomic mass is 10.2. The van der Waals surface area contributed by atoms with Crippen molar-refractivity contribution in [2.24, 2.45) is 0 Å². The second kappa shape index (κ2) is 5.50. The number of nitrogens with zero attached hydrogens (tertiary/aromatic N) is 4. The van der Waals surface area contributed by atoms with Crippen molar-refractivity contribution in [1.29, 1.82) is 0 Å². The van der Waals surface area contributed by atoms with Gasteiger partial charge in [-0.25, -0.2) is 0 Å². The molecular formula is C14H15BrN4O2S. The molecule has 0 spiro atoms. The average molecular weight is 383 g/mol. The van der Waals surface area contributed by atoms with Crippen LogP contribution < -0.4 is 0 Å². The van der Waals surface area contributed by atoms with Crippen LogP contribution in [0.1, 0.15) is 16.9 Å². The third-order valence-electron chi connectivity index (χ3n) is 4.22. The second-order valence-electron chi connectivity index (χ2n) is 5.60. The van der Waals surface area contributed by atoms with Gasteiger partial charge in [-0.2, -0.15) is 5.10 Å². The first-order valence-corrected chi connectivity index (χ1v) is 9.29. The number of thioether (sulfide) groups is 1. The summed E-state index contributed by atoms with van der Waals surface area (Å²) in [4.78, 5) is 19.0. The van der Waals surface area contributed by atoms with Crippen LogP contribution in [0.5, 0.6) is 0 Å². The zero-order chi connectivity index (χ0) is 15.3. The highest BCUT2D eigenvalue weighted by Gasteiger charge is 2.42. The summed E-state index contributed by atoms with van der Waals surface area (Å²) in [6.45, 7) is 1.32. The van der Waals surface area contributed by atoms with Crippen LogP contribution in [0.3, 0.4) is 0 Å². The predicted octanol–water partition coefficient (Wildman–Crippen LogP) is 2.13. The normalized spacial score (nSPS) is 23.6. The Morgan fingerprint density at radius 1 is 1.59 bits per heavy atom. The summed E-state index contributed by atoms with van der Waals surface area (Å²) in [6.07, 6.45) is 4.90. The van der Waals surface area contributed by atoms with Gasteiger partial charge in [0, 0.05) is 12.7 Å². The number of carbonyl (C=O) groups excluding carboxylic acids is 1. The molecule has 2 saturated heterocycles. The molecule has 2 aromatic heterocycles. The fourth-order valence-corrected chi connectivity index (χ4v) is 4.10. The first-order valence-electron chi connectivity index (χ1n) is 7.11. The monoisotopic (exact) mass is 382 g/mol. The molecule has 4 heterocycles. The molecule has 2 fully saturated rings. The number of halogens is 1. The highest BCUT2D eigenvalue weighted by atomic mass is 79.9. The predicted molar refractivity (Wildman–Crippen MR) is 87.9 cm³/mol. The van der Waals surface area contributed by atoms with Gasteiger partial charge in [-0.1, -0.05) is 0 Å². The highest BCUT2D eigenvalue weighted by molar-refractivity contribution is 9.10. The molecule has 1 amide bonds. The maximum Gasteiger partial charge on any atom is 0.272 e. The number of morpholine rings is 1. The number of aromatic nitrogens is 3. The van der Waals surface area contributed by atoms with Crippen LogP contribution in [0.15, 0.2) is 16.9 Å². The second-order valence-corrected chi connectivity index (χ2v) is 7.18. The van der Waals surface area contributed by atoms with Crippen LogP contribution in [-0.4, -0.2) is 57.1 Å². The number of fused-ring (bicyclic) bond motifs is 3. The minimum absolute atomic E-state index is 0.00859. The summed E-state index contributed by atoms with van der Waals surface area (Å²) in [7, 11) is 0. The van der Waals surface area contributed by atoms with Crippen molar-refractivity contribution in [2.45, 2.75) is 24.4 Å². The number of likely N-dealkylation sites (tertiary alicyclic amines) is 1. The number of amides is 1. The summed E-state index contributed by atoms with van der Waals surface area (Å²) in [5.74, 6) is 0.730. The lowest BCUT2D eigenvalue weighted by molar-refractivity contribution is 0.0256. The first kappa shape index (κ1) is 14.5. The zero-order valence-electron chi connectivity index (χ0n) is 12.0. The van der Waals surface area contributed by atoms with Crippen LogP contribution in [0, 0.1) is 0 Å². The average Bonchev–Trinajstić information content (AvgIpc) is 3.22. The van der Waals surface area contributed by atoms with Crippen molar-refractivity contribution in [1.82, 2.24) is 19.7 Å². The van der Waals surface area contributed by atoms with Crippen molar-refractivity contribution >= 4 is 44.5 Å². The van der Waals surface area contributed by atoms with Gasteiger partial charge in [0.15, 0.2) is 0 Å². The minimum atomic E-state index is -0.00859. The van der Waals surface area contributed by atoms with Gasteiger partial charge >= 0.3 is 0 Å². The summed E-state index contributed by atoms with van der Waals surface area (Å²) < 4.78 is 8.21. The Kier molecular flexibility index (Phi) is 3.62. The van der Waals surface area contributed by atoms with E-state index >= 15 is 0 Å². The van der Waals surface area contributed by atoms with Crippen LogP contribution in [-0.2, 0) is 10.6 Å². The molecule has 0 radical (unpaired) electrons. The summed E-state index contributed by atoms with van der Waals surface area (Å²) in [6, 6.07) is 2.05. The van der Waals surface area contributed by atoms with Crippen molar-refractivity contribution in [3.8, 4) is 0 Å². The smallest absolute Gasteiger partial charge is 0.272 e. The van der Waals surface area contributed by atoms with Crippen LogP contribution in [0.4, 0.5) is 0 Å². The lowest BCUT2D eigenvalue weighted by Gasteiger charge is -2.26. The topological polar surface area (TPSA) is 60.2 Å². The van der Waals surface area contributed by atoms with E-state index in [1.165, 1.54) is 0 Å². The number of rotatable bonds is 3. The number of hydrogen-bond acceptors (Lipinski definition) is 5. The SMILES string of the molecule is CSCn1nc(Br)c2cnc(C(=O)N3C[C@@H]4CC3CO4)cc21. The maximum absolute atomic E-state index is 12.7. The number of ether oxygens (including phenoxy) is 1. The molecule has 2 bridgehead atoms. The lowest BCUT2D eigenvalue weighted by Crippen LogP contribution is -2.41. The molecule has 0 aromatic carbocycles. The van der Waals surface area contributed by atoms with Crippen molar-refractivity contribution < 1.29 is 9.53 Å². The Labute approximate surface area is 140 Å². The van der Waals surface area contributed by atoms with E-state index in [0.29, 0.717) is 18.8 Å². The third kappa shape index (κ3) is 2.24.